The Hall–Kier alpha value is -0.700. The molecule has 1 saturated carbocycles. The first-order valence-electron chi connectivity index (χ1n) is 3.89. The van der Waals surface area contributed by atoms with Crippen molar-refractivity contribution in [1.29, 1.82) is 0 Å². The van der Waals surface area contributed by atoms with E-state index in [0.29, 0.717) is 24.5 Å². The monoisotopic (exact) mass is 225 g/mol. The molecule has 0 aliphatic heterocycles. The molecule has 2 rings (SSSR count). The third-order valence-corrected chi connectivity index (χ3v) is 2.60. The van der Waals surface area contributed by atoms with Gasteiger partial charge in [-0.1, -0.05) is 15.9 Å². The molecule has 0 saturated heterocycles. The van der Waals surface area contributed by atoms with Crippen molar-refractivity contribution in [3.05, 3.63) is 28.5 Å². The second-order valence-electron chi connectivity index (χ2n) is 3.04. The topological polar surface area (TPSA) is 30.0 Å². The number of hydrogen-bond donors (Lipinski definition) is 0. The number of carbonyl (C=O) groups excluding carboxylic acids is 1. The molecule has 1 heterocycles. The Balaban J connectivity index is 2.18. The van der Waals surface area contributed by atoms with E-state index in [-0.39, 0.29) is 0 Å². The molecule has 0 aromatic carbocycles. The molecule has 0 bridgehead atoms. The van der Waals surface area contributed by atoms with Gasteiger partial charge in [0.05, 0.1) is 0 Å². The van der Waals surface area contributed by atoms with Crippen LogP contribution in [-0.2, 0) is 4.79 Å². The van der Waals surface area contributed by atoms with E-state index in [1.54, 1.807) is 6.20 Å². The zero-order valence-electron chi connectivity index (χ0n) is 6.46. The van der Waals surface area contributed by atoms with Crippen LogP contribution in [0, 0.1) is 0 Å². The normalized spacial score (nSPS) is 17.6. The first-order chi connectivity index (χ1) is 5.75. The van der Waals surface area contributed by atoms with E-state index in [2.05, 4.69) is 20.9 Å². The van der Waals surface area contributed by atoms with Gasteiger partial charge in [0, 0.05) is 35.1 Å². The van der Waals surface area contributed by atoms with Gasteiger partial charge in [-0.25, -0.2) is 0 Å². The van der Waals surface area contributed by atoms with E-state index in [4.69, 9.17) is 0 Å². The van der Waals surface area contributed by atoms with Crippen molar-refractivity contribution in [1.82, 2.24) is 4.98 Å². The molecule has 1 aromatic rings. The average molecular weight is 226 g/mol. The van der Waals surface area contributed by atoms with Gasteiger partial charge in [-0.15, -0.1) is 0 Å². The molecule has 0 unspecified atom stereocenters. The third-order valence-electron chi connectivity index (χ3n) is 2.11. The van der Waals surface area contributed by atoms with Crippen LogP contribution in [0.5, 0.6) is 0 Å². The minimum atomic E-state index is 0.349. The van der Waals surface area contributed by atoms with Gasteiger partial charge in [0.15, 0.2) is 0 Å². The highest BCUT2D eigenvalue weighted by atomic mass is 79.9. The number of rotatable bonds is 1. The molecule has 1 aromatic heterocycles. The summed E-state index contributed by atoms with van der Waals surface area (Å²) in [7, 11) is 0. The summed E-state index contributed by atoms with van der Waals surface area (Å²) in [6.45, 7) is 0. The maximum atomic E-state index is 10.7. The Bertz CT molecular complexity index is 316. The lowest BCUT2D eigenvalue weighted by Crippen LogP contribution is -2.21. The van der Waals surface area contributed by atoms with Crippen LogP contribution in [-0.4, -0.2) is 10.8 Å². The van der Waals surface area contributed by atoms with E-state index in [9.17, 15) is 4.79 Å². The van der Waals surface area contributed by atoms with Crippen molar-refractivity contribution in [3.63, 3.8) is 0 Å². The van der Waals surface area contributed by atoms with Crippen LogP contribution >= 0.6 is 15.9 Å². The fourth-order valence-electron chi connectivity index (χ4n) is 1.34. The molecule has 3 heteroatoms. The summed E-state index contributed by atoms with van der Waals surface area (Å²) < 4.78 is 1.03. The maximum Gasteiger partial charge on any atom is 0.134 e. The van der Waals surface area contributed by atoms with Crippen molar-refractivity contribution in [2.75, 3.05) is 0 Å². The van der Waals surface area contributed by atoms with Crippen LogP contribution in [0.3, 0.4) is 0 Å². The van der Waals surface area contributed by atoms with Gasteiger partial charge in [0.2, 0.25) is 0 Å². The number of nitrogens with zero attached hydrogens (tertiary/aromatic N) is 1. The first kappa shape index (κ1) is 7.92. The number of halogens is 1. The van der Waals surface area contributed by atoms with E-state index < -0.39 is 0 Å². The maximum absolute atomic E-state index is 10.7. The van der Waals surface area contributed by atoms with Crippen LogP contribution < -0.4 is 0 Å². The lowest BCUT2D eigenvalue weighted by Gasteiger charge is -2.23. The zero-order valence-corrected chi connectivity index (χ0v) is 8.04. The van der Waals surface area contributed by atoms with Crippen LogP contribution in [0.2, 0.25) is 0 Å². The summed E-state index contributed by atoms with van der Waals surface area (Å²) >= 11 is 3.37. The molecule has 0 radical (unpaired) electrons. The largest absolute Gasteiger partial charge is 0.300 e. The molecule has 2 nitrogen and oxygen atoms in total. The highest BCUT2D eigenvalue weighted by molar-refractivity contribution is 9.10. The Morgan fingerprint density at radius 1 is 1.50 bits per heavy atom. The van der Waals surface area contributed by atoms with Gasteiger partial charge >= 0.3 is 0 Å². The minimum Gasteiger partial charge on any atom is -0.300 e. The Kier molecular flexibility index (Phi) is 1.97. The number of ketones is 1. The van der Waals surface area contributed by atoms with Crippen LogP contribution in [0.25, 0.3) is 0 Å². The van der Waals surface area contributed by atoms with Crippen LogP contribution in [0.4, 0.5) is 0 Å². The van der Waals surface area contributed by atoms with Crippen molar-refractivity contribution in [3.8, 4) is 0 Å². The molecule has 1 aliphatic carbocycles. The molecular weight excluding hydrogens is 218 g/mol. The van der Waals surface area contributed by atoms with Gasteiger partial charge in [0.1, 0.15) is 5.78 Å². The highest BCUT2D eigenvalue weighted by Gasteiger charge is 2.28. The molecule has 0 atom stereocenters. The van der Waals surface area contributed by atoms with E-state index >= 15 is 0 Å². The quantitative estimate of drug-likeness (QED) is 0.735. The smallest absolute Gasteiger partial charge is 0.134 e. The van der Waals surface area contributed by atoms with Crippen molar-refractivity contribution >= 4 is 21.7 Å². The Labute approximate surface area is 79.1 Å². The summed E-state index contributed by atoms with van der Waals surface area (Å²) in [4.78, 5) is 14.9. The first-order valence-corrected chi connectivity index (χ1v) is 4.68. The number of hydrogen-bond acceptors (Lipinski definition) is 2. The highest BCUT2D eigenvalue weighted by Crippen LogP contribution is 2.32. The number of Topliss-reactive ketones (excluding diaryl/α,β-unsaturated/α-hetero) is 1. The molecular formula is C9H8BrNO. The number of carbonyl (C=O) groups is 1. The van der Waals surface area contributed by atoms with Gasteiger partial charge < -0.3 is 0 Å². The standard InChI is InChI=1S/C9H8BrNO/c10-7-1-2-11-9(5-7)6-3-8(12)4-6/h1-2,5-6H,3-4H2. The third kappa shape index (κ3) is 1.41. The molecule has 62 valence electrons. The minimum absolute atomic E-state index is 0.349. The molecule has 1 fully saturated rings. The Morgan fingerprint density at radius 3 is 2.83 bits per heavy atom. The second kappa shape index (κ2) is 2.98. The molecule has 0 spiro atoms. The summed E-state index contributed by atoms with van der Waals surface area (Å²) in [6, 6.07) is 3.88. The SMILES string of the molecule is O=C1CC(c2cc(Br)ccn2)C1. The van der Waals surface area contributed by atoms with Crippen molar-refractivity contribution in [2.24, 2.45) is 0 Å². The summed E-state index contributed by atoms with van der Waals surface area (Å²) in [6.07, 6.45) is 3.11. The van der Waals surface area contributed by atoms with Crippen molar-refractivity contribution in [2.45, 2.75) is 18.8 Å². The van der Waals surface area contributed by atoms with Gasteiger partial charge in [-0.2, -0.15) is 0 Å². The fraction of sp³-hybridized carbons (Fsp3) is 0.333. The molecule has 0 amide bonds. The zero-order chi connectivity index (χ0) is 8.55. The van der Waals surface area contributed by atoms with Gasteiger partial charge in [-0.3, -0.25) is 9.78 Å². The summed E-state index contributed by atoms with van der Waals surface area (Å²) in [5.74, 6) is 0.719. The average Bonchev–Trinajstić information content (AvgIpc) is 1.99. The second-order valence-corrected chi connectivity index (χ2v) is 3.96. The number of aromatic nitrogens is 1. The summed E-state index contributed by atoms with van der Waals surface area (Å²) in [5.41, 5.74) is 1.03. The molecule has 12 heavy (non-hydrogen) atoms. The predicted octanol–water partition coefficient (Wildman–Crippen LogP) is 2.29. The van der Waals surface area contributed by atoms with Crippen LogP contribution in [0.15, 0.2) is 22.8 Å². The van der Waals surface area contributed by atoms with Crippen molar-refractivity contribution < 1.29 is 4.79 Å². The fourth-order valence-corrected chi connectivity index (χ4v) is 1.70. The van der Waals surface area contributed by atoms with Gasteiger partial charge in [-0.05, 0) is 12.1 Å². The van der Waals surface area contributed by atoms with Gasteiger partial charge in [0.25, 0.3) is 0 Å². The molecule has 0 N–H and O–H groups in total. The van der Waals surface area contributed by atoms with E-state index in [0.717, 1.165) is 10.2 Å². The molecule has 1 aliphatic rings. The number of pyridine rings is 1. The van der Waals surface area contributed by atoms with Crippen LogP contribution in [0.1, 0.15) is 24.5 Å². The lowest BCUT2D eigenvalue weighted by molar-refractivity contribution is -0.124. The summed E-state index contributed by atoms with van der Waals surface area (Å²) in [5, 5.41) is 0. The van der Waals surface area contributed by atoms with E-state index in [1.807, 2.05) is 12.1 Å². The Morgan fingerprint density at radius 2 is 2.25 bits per heavy atom. The van der Waals surface area contributed by atoms with E-state index in [1.165, 1.54) is 0 Å². The lowest BCUT2D eigenvalue weighted by atomic mass is 9.81. The predicted molar refractivity (Wildman–Crippen MR) is 48.9 cm³/mol.